The summed E-state index contributed by atoms with van der Waals surface area (Å²) in [6.07, 6.45) is 1.52. The highest BCUT2D eigenvalue weighted by Gasteiger charge is 2.19. The van der Waals surface area contributed by atoms with Gasteiger partial charge in [-0.1, -0.05) is 43.0 Å². The van der Waals surface area contributed by atoms with Crippen LogP contribution in [0.3, 0.4) is 0 Å². The fraction of sp³-hybridized carbons (Fsp3) is 0.250. The largest absolute Gasteiger partial charge is 0.488 e. The molecule has 0 amide bonds. The number of hydrogen-bond donors (Lipinski definition) is 0. The summed E-state index contributed by atoms with van der Waals surface area (Å²) in [7, 11) is 1.54. The van der Waals surface area contributed by atoms with Gasteiger partial charge >= 0.3 is 5.97 Å². The van der Waals surface area contributed by atoms with Crippen molar-refractivity contribution in [1.82, 2.24) is 0 Å². The van der Waals surface area contributed by atoms with Crippen molar-refractivity contribution >= 4 is 5.97 Å². The molecule has 25 heavy (non-hydrogen) atoms. The van der Waals surface area contributed by atoms with Crippen LogP contribution in [0.2, 0.25) is 0 Å². The lowest BCUT2D eigenvalue weighted by Crippen LogP contribution is -2.11. The summed E-state index contributed by atoms with van der Waals surface area (Å²) in [4.78, 5) is 12.4. The maximum absolute atomic E-state index is 12.4. The highest BCUT2D eigenvalue weighted by molar-refractivity contribution is 5.94. The lowest BCUT2D eigenvalue weighted by atomic mass is 10.1. The first-order chi connectivity index (χ1) is 12.2. The van der Waals surface area contributed by atoms with Gasteiger partial charge in [0.15, 0.2) is 6.79 Å². The van der Waals surface area contributed by atoms with E-state index < -0.39 is 5.97 Å². The summed E-state index contributed by atoms with van der Waals surface area (Å²) in [5.41, 5.74) is 2.07. The van der Waals surface area contributed by atoms with Crippen LogP contribution < -0.4 is 9.47 Å². The lowest BCUT2D eigenvalue weighted by molar-refractivity contribution is 0.0505. The second-order valence-electron chi connectivity index (χ2n) is 5.33. The van der Waals surface area contributed by atoms with Crippen LogP contribution >= 0.6 is 0 Å². The van der Waals surface area contributed by atoms with Gasteiger partial charge in [-0.3, -0.25) is 0 Å². The average Bonchev–Trinajstić information content (AvgIpc) is 2.63. The van der Waals surface area contributed by atoms with E-state index in [2.05, 4.69) is 6.58 Å². The Hall–Kier alpha value is -2.79. The van der Waals surface area contributed by atoms with Crippen LogP contribution in [0.15, 0.2) is 55.1 Å². The number of carbonyl (C=O) groups is 1. The van der Waals surface area contributed by atoms with E-state index in [1.54, 1.807) is 26.2 Å². The quantitative estimate of drug-likeness (QED) is 0.393. The molecule has 0 aliphatic carbocycles. The molecular weight excluding hydrogens is 320 g/mol. The Morgan fingerprint density at radius 1 is 1.16 bits per heavy atom. The molecule has 0 spiro atoms. The van der Waals surface area contributed by atoms with Gasteiger partial charge in [-0.15, -0.1) is 0 Å². The highest BCUT2D eigenvalue weighted by atomic mass is 16.7. The minimum atomic E-state index is -0.459. The van der Waals surface area contributed by atoms with E-state index in [1.807, 2.05) is 30.3 Å². The Labute approximate surface area is 147 Å². The van der Waals surface area contributed by atoms with Crippen LogP contribution in [-0.2, 0) is 16.1 Å². The van der Waals surface area contributed by atoms with Gasteiger partial charge in [-0.2, -0.15) is 0 Å². The first kappa shape index (κ1) is 18.5. The Morgan fingerprint density at radius 3 is 2.60 bits per heavy atom. The summed E-state index contributed by atoms with van der Waals surface area (Å²) in [5.74, 6) is 0.505. The van der Waals surface area contributed by atoms with Gasteiger partial charge < -0.3 is 18.9 Å². The van der Waals surface area contributed by atoms with Crippen molar-refractivity contribution in [1.29, 1.82) is 0 Å². The van der Waals surface area contributed by atoms with Gasteiger partial charge in [-0.25, -0.2) is 4.79 Å². The first-order valence-corrected chi connectivity index (χ1v) is 7.86. The van der Waals surface area contributed by atoms with Gasteiger partial charge in [0.1, 0.15) is 30.3 Å². The topological polar surface area (TPSA) is 54.0 Å². The fourth-order valence-corrected chi connectivity index (χ4v) is 2.25. The van der Waals surface area contributed by atoms with Gasteiger partial charge in [0.2, 0.25) is 0 Å². The smallest absolute Gasteiger partial charge is 0.342 e. The van der Waals surface area contributed by atoms with Gasteiger partial charge in [-0.05, 0) is 24.1 Å². The molecule has 5 heteroatoms. The number of esters is 1. The summed E-state index contributed by atoms with van der Waals surface area (Å²) in [6, 6.07) is 13.1. The van der Waals surface area contributed by atoms with Gasteiger partial charge in [0.25, 0.3) is 0 Å². The van der Waals surface area contributed by atoms with Crippen molar-refractivity contribution in [2.75, 3.05) is 20.5 Å². The number of hydrogen-bond acceptors (Lipinski definition) is 5. The third-order valence-electron chi connectivity index (χ3n) is 3.39. The van der Waals surface area contributed by atoms with Crippen LogP contribution in [0.5, 0.6) is 11.5 Å². The molecule has 0 unspecified atom stereocenters. The molecule has 0 aliphatic rings. The molecule has 0 atom stereocenters. The van der Waals surface area contributed by atoms with Crippen LogP contribution in [-0.4, -0.2) is 26.5 Å². The molecule has 2 rings (SSSR count). The molecule has 0 saturated carbocycles. The molecule has 0 aliphatic heterocycles. The zero-order valence-electron chi connectivity index (χ0n) is 14.5. The molecule has 0 bridgehead atoms. The molecule has 5 nitrogen and oxygen atoms in total. The predicted molar refractivity (Wildman–Crippen MR) is 94.9 cm³/mol. The molecule has 132 valence electrons. The van der Waals surface area contributed by atoms with E-state index >= 15 is 0 Å². The molecule has 0 saturated heterocycles. The molecular formula is C20H22O5. The SMILES string of the molecule is C=CCOC(=O)c1c(C)cc(OCOC)cc1OCc1ccccc1. The molecule has 0 heterocycles. The molecule has 0 radical (unpaired) electrons. The number of ether oxygens (including phenoxy) is 4. The second kappa shape index (κ2) is 9.49. The first-order valence-electron chi connectivity index (χ1n) is 7.86. The van der Waals surface area contributed by atoms with Crippen molar-refractivity contribution in [3.8, 4) is 11.5 Å². The molecule has 2 aromatic rings. The van der Waals surface area contributed by atoms with Gasteiger partial charge in [0.05, 0.1) is 0 Å². The zero-order chi connectivity index (χ0) is 18.1. The monoisotopic (exact) mass is 342 g/mol. The van der Waals surface area contributed by atoms with Crippen LogP contribution in [0, 0.1) is 6.92 Å². The van der Waals surface area contributed by atoms with Crippen LogP contribution in [0.4, 0.5) is 0 Å². The van der Waals surface area contributed by atoms with E-state index in [0.29, 0.717) is 29.2 Å². The minimum Gasteiger partial charge on any atom is -0.488 e. The Kier molecular flexibility index (Phi) is 7.04. The summed E-state index contributed by atoms with van der Waals surface area (Å²) in [5, 5.41) is 0. The third kappa shape index (κ3) is 5.36. The van der Waals surface area contributed by atoms with Gasteiger partial charge in [0, 0.05) is 13.2 Å². The van der Waals surface area contributed by atoms with Crippen molar-refractivity contribution in [2.45, 2.75) is 13.5 Å². The van der Waals surface area contributed by atoms with E-state index in [9.17, 15) is 4.79 Å². The lowest BCUT2D eigenvalue weighted by Gasteiger charge is -2.15. The van der Waals surface area contributed by atoms with E-state index in [4.69, 9.17) is 18.9 Å². The number of benzene rings is 2. The Bertz CT molecular complexity index is 710. The second-order valence-corrected chi connectivity index (χ2v) is 5.33. The van der Waals surface area contributed by atoms with Crippen LogP contribution in [0.25, 0.3) is 0 Å². The number of carbonyl (C=O) groups excluding carboxylic acids is 1. The predicted octanol–water partition coefficient (Wildman–Crippen LogP) is 3.90. The van der Waals surface area contributed by atoms with Crippen molar-refractivity contribution < 1.29 is 23.7 Å². The Balaban J connectivity index is 2.28. The standard InChI is InChI=1S/C20H22O5/c1-4-10-23-20(21)19-15(2)11-17(25-14-22-3)12-18(19)24-13-16-8-6-5-7-9-16/h4-9,11-12H,1,10,13-14H2,2-3H3. The number of methoxy groups -OCH3 is 1. The normalized spacial score (nSPS) is 10.2. The van der Waals surface area contributed by atoms with E-state index in [-0.39, 0.29) is 13.4 Å². The summed E-state index contributed by atoms with van der Waals surface area (Å²) in [6.45, 7) is 5.93. The van der Waals surface area contributed by atoms with Crippen molar-refractivity contribution in [2.24, 2.45) is 0 Å². The molecule has 0 fully saturated rings. The van der Waals surface area contributed by atoms with Crippen molar-refractivity contribution in [3.05, 3.63) is 71.8 Å². The van der Waals surface area contributed by atoms with E-state index in [1.165, 1.54) is 6.08 Å². The minimum absolute atomic E-state index is 0.109. The summed E-state index contributed by atoms with van der Waals surface area (Å²) < 4.78 is 21.4. The zero-order valence-corrected chi connectivity index (χ0v) is 14.5. The molecule has 0 aromatic heterocycles. The number of rotatable bonds is 9. The Morgan fingerprint density at radius 2 is 1.92 bits per heavy atom. The van der Waals surface area contributed by atoms with E-state index in [0.717, 1.165) is 5.56 Å². The van der Waals surface area contributed by atoms with Crippen molar-refractivity contribution in [3.63, 3.8) is 0 Å². The molecule has 0 N–H and O–H groups in total. The number of aryl methyl sites for hydroxylation is 1. The molecule has 2 aromatic carbocycles. The maximum atomic E-state index is 12.4. The average molecular weight is 342 g/mol. The maximum Gasteiger partial charge on any atom is 0.342 e. The highest BCUT2D eigenvalue weighted by Crippen LogP contribution is 2.30. The summed E-state index contributed by atoms with van der Waals surface area (Å²) >= 11 is 0. The third-order valence-corrected chi connectivity index (χ3v) is 3.39. The van der Waals surface area contributed by atoms with Crippen LogP contribution in [0.1, 0.15) is 21.5 Å². The fourth-order valence-electron chi connectivity index (χ4n) is 2.25.